The van der Waals surface area contributed by atoms with E-state index in [0.717, 1.165) is 12.6 Å². The van der Waals surface area contributed by atoms with Gasteiger partial charge in [0.2, 0.25) is 0 Å². The van der Waals surface area contributed by atoms with Crippen molar-refractivity contribution in [2.45, 2.75) is 25.4 Å². The van der Waals surface area contributed by atoms with Crippen LogP contribution in [0.15, 0.2) is 15.9 Å². The Balaban J connectivity index is 1.52. The first-order valence-corrected chi connectivity index (χ1v) is 7.68. The molecule has 2 aliphatic rings. The number of hydrogen-bond acceptors (Lipinski definition) is 3. The molecule has 0 amide bonds. The topological polar surface area (TPSA) is 6.48 Å². The minimum Gasteiger partial charge on any atom is -0.298 e. The average molecular weight is 301 g/mol. The normalized spacial score (nSPS) is 23.8. The molecule has 2 fully saturated rings. The molecule has 1 aromatic heterocycles. The van der Waals surface area contributed by atoms with Crippen LogP contribution in [-0.2, 0) is 6.54 Å². The van der Waals surface area contributed by atoms with E-state index in [-0.39, 0.29) is 0 Å². The van der Waals surface area contributed by atoms with E-state index in [9.17, 15) is 0 Å². The first-order valence-electron chi connectivity index (χ1n) is 6.01. The lowest BCUT2D eigenvalue weighted by Gasteiger charge is -2.34. The summed E-state index contributed by atoms with van der Waals surface area (Å²) < 4.78 is 1.28. The predicted octanol–water partition coefficient (Wildman–Crippen LogP) is 2.79. The van der Waals surface area contributed by atoms with Gasteiger partial charge in [0, 0.05) is 48.1 Å². The monoisotopic (exact) mass is 300 g/mol. The van der Waals surface area contributed by atoms with Gasteiger partial charge >= 0.3 is 0 Å². The SMILES string of the molecule is Brc1ccsc1CN1CCN(C2CC2)CC1. The largest absolute Gasteiger partial charge is 0.298 e. The third-order valence-electron chi connectivity index (χ3n) is 3.53. The second kappa shape index (κ2) is 4.77. The maximum atomic E-state index is 3.61. The Kier molecular flexibility index (Phi) is 3.34. The van der Waals surface area contributed by atoms with Crippen molar-refractivity contribution in [3.8, 4) is 0 Å². The number of nitrogens with zero attached hydrogens (tertiary/aromatic N) is 2. The molecule has 88 valence electrons. The molecule has 1 aliphatic carbocycles. The highest BCUT2D eigenvalue weighted by Gasteiger charge is 2.31. The highest BCUT2D eigenvalue weighted by Crippen LogP contribution is 2.28. The summed E-state index contributed by atoms with van der Waals surface area (Å²) >= 11 is 5.47. The van der Waals surface area contributed by atoms with E-state index < -0.39 is 0 Å². The highest BCUT2D eigenvalue weighted by molar-refractivity contribution is 9.10. The predicted molar refractivity (Wildman–Crippen MR) is 71.9 cm³/mol. The van der Waals surface area contributed by atoms with Gasteiger partial charge in [-0.25, -0.2) is 0 Å². The van der Waals surface area contributed by atoms with Gasteiger partial charge in [0.1, 0.15) is 0 Å². The van der Waals surface area contributed by atoms with Crippen LogP contribution >= 0.6 is 27.3 Å². The number of thiophene rings is 1. The molecule has 1 aliphatic heterocycles. The Hall–Kier alpha value is 0.1000. The summed E-state index contributed by atoms with van der Waals surface area (Å²) in [4.78, 5) is 6.72. The fourth-order valence-electron chi connectivity index (χ4n) is 2.37. The summed E-state index contributed by atoms with van der Waals surface area (Å²) in [5, 5.41) is 2.17. The van der Waals surface area contributed by atoms with Crippen molar-refractivity contribution in [3.05, 3.63) is 20.8 Å². The molecular weight excluding hydrogens is 284 g/mol. The molecule has 16 heavy (non-hydrogen) atoms. The van der Waals surface area contributed by atoms with Crippen LogP contribution in [0.2, 0.25) is 0 Å². The standard InChI is InChI=1S/C12H17BrN2S/c13-11-3-8-16-12(11)9-14-4-6-15(7-5-14)10-1-2-10/h3,8,10H,1-2,4-7,9H2. The van der Waals surface area contributed by atoms with Crippen molar-refractivity contribution >= 4 is 27.3 Å². The van der Waals surface area contributed by atoms with Crippen LogP contribution in [-0.4, -0.2) is 42.0 Å². The molecule has 2 nitrogen and oxygen atoms in total. The van der Waals surface area contributed by atoms with Crippen molar-refractivity contribution in [2.75, 3.05) is 26.2 Å². The Morgan fingerprint density at radius 1 is 1.25 bits per heavy atom. The molecule has 0 unspecified atom stereocenters. The highest BCUT2D eigenvalue weighted by atomic mass is 79.9. The lowest BCUT2D eigenvalue weighted by Crippen LogP contribution is -2.46. The van der Waals surface area contributed by atoms with E-state index in [1.807, 2.05) is 11.3 Å². The summed E-state index contributed by atoms with van der Waals surface area (Å²) in [6.07, 6.45) is 2.88. The maximum Gasteiger partial charge on any atom is 0.0340 e. The van der Waals surface area contributed by atoms with Crippen LogP contribution in [0.4, 0.5) is 0 Å². The van der Waals surface area contributed by atoms with Crippen molar-refractivity contribution in [1.82, 2.24) is 9.80 Å². The molecule has 2 heterocycles. The van der Waals surface area contributed by atoms with Gasteiger partial charge < -0.3 is 0 Å². The third kappa shape index (κ3) is 2.50. The van der Waals surface area contributed by atoms with Gasteiger partial charge in [0.15, 0.2) is 0 Å². The summed E-state index contributed by atoms with van der Waals surface area (Å²) in [5.74, 6) is 0. The van der Waals surface area contributed by atoms with Crippen LogP contribution in [0.25, 0.3) is 0 Å². The van der Waals surface area contributed by atoms with Crippen LogP contribution in [0, 0.1) is 0 Å². The fraction of sp³-hybridized carbons (Fsp3) is 0.667. The molecule has 0 aromatic carbocycles. The van der Waals surface area contributed by atoms with E-state index >= 15 is 0 Å². The average Bonchev–Trinajstić information content (AvgIpc) is 3.07. The fourth-order valence-corrected chi connectivity index (χ4v) is 3.89. The minimum atomic E-state index is 0.940. The zero-order chi connectivity index (χ0) is 11.0. The lowest BCUT2D eigenvalue weighted by molar-refractivity contribution is 0.122. The van der Waals surface area contributed by atoms with E-state index in [4.69, 9.17) is 0 Å². The summed E-state index contributed by atoms with van der Waals surface area (Å²) in [6, 6.07) is 3.09. The molecule has 1 aromatic rings. The quantitative estimate of drug-likeness (QED) is 0.847. The zero-order valence-corrected chi connectivity index (χ0v) is 11.8. The number of piperazine rings is 1. The van der Waals surface area contributed by atoms with E-state index in [1.165, 1.54) is 48.4 Å². The number of halogens is 1. The third-order valence-corrected chi connectivity index (χ3v) is 5.44. The Morgan fingerprint density at radius 3 is 2.56 bits per heavy atom. The van der Waals surface area contributed by atoms with Crippen LogP contribution in [0.3, 0.4) is 0 Å². The molecule has 0 radical (unpaired) electrons. The van der Waals surface area contributed by atoms with Crippen LogP contribution in [0.1, 0.15) is 17.7 Å². The molecule has 3 rings (SSSR count). The van der Waals surface area contributed by atoms with Crippen molar-refractivity contribution < 1.29 is 0 Å². The Morgan fingerprint density at radius 2 is 2.00 bits per heavy atom. The zero-order valence-electron chi connectivity index (χ0n) is 9.36. The second-order valence-corrected chi connectivity index (χ2v) is 6.59. The van der Waals surface area contributed by atoms with E-state index in [0.29, 0.717) is 0 Å². The maximum absolute atomic E-state index is 3.61. The van der Waals surface area contributed by atoms with Crippen molar-refractivity contribution in [2.24, 2.45) is 0 Å². The van der Waals surface area contributed by atoms with E-state index in [2.05, 4.69) is 37.2 Å². The molecule has 0 atom stereocenters. The van der Waals surface area contributed by atoms with Gasteiger partial charge in [-0.15, -0.1) is 11.3 Å². The summed E-state index contributed by atoms with van der Waals surface area (Å²) in [7, 11) is 0. The molecule has 1 saturated heterocycles. The van der Waals surface area contributed by atoms with Gasteiger partial charge in [-0.05, 0) is 40.2 Å². The van der Waals surface area contributed by atoms with E-state index in [1.54, 1.807) is 0 Å². The number of rotatable bonds is 3. The first kappa shape index (κ1) is 11.2. The second-order valence-electron chi connectivity index (χ2n) is 4.74. The number of hydrogen-bond donors (Lipinski definition) is 0. The molecule has 0 N–H and O–H groups in total. The molecule has 4 heteroatoms. The van der Waals surface area contributed by atoms with Gasteiger partial charge in [0.25, 0.3) is 0 Å². The molecular formula is C12H17BrN2S. The Labute approximate surface area is 109 Å². The minimum absolute atomic E-state index is 0.940. The summed E-state index contributed by atoms with van der Waals surface area (Å²) in [5.41, 5.74) is 0. The van der Waals surface area contributed by atoms with Crippen molar-refractivity contribution in [3.63, 3.8) is 0 Å². The van der Waals surface area contributed by atoms with Gasteiger partial charge in [-0.3, -0.25) is 9.80 Å². The van der Waals surface area contributed by atoms with Gasteiger partial charge in [-0.2, -0.15) is 0 Å². The molecule has 0 spiro atoms. The van der Waals surface area contributed by atoms with Crippen LogP contribution in [0.5, 0.6) is 0 Å². The smallest absolute Gasteiger partial charge is 0.0340 e. The first-order chi connectivity index (χ1) is 7.83. The Bertz CT molecular complexity index is 354. The van der Waals surface area contributed by atoms with Gasteiger partial charge in [0.05, 0.1) is 0 Å². The van der Waals surface area contributed by atoms with Gasteiger partial charge in [-0.1, -0.05) is 0 Å². The molecule has 1 saturated carbocycles. The lowest BCUT2D eigenvalue weighted by atomic mass is 10.3. The van der Waals surface area contributed by atoms with Crippen LogP contribution < -0.4 is 0 Å². The van der Waals surface area contributed by atoms with Crippen molar-refractivity contribution in [1.29, 1.82) is 0 Å². The summed E-state index contributed by atoms with van der Waals surface area (Å²) in [6.45, 7) is 6.14. The molecule has 0 bridgehead atoms.